The van der Waals surface area contributed by atoms with Crippen molar-refractivity contribution in [2.75, 3.05) is 52.2 Å². The number of hydrogen-bond donors (Lipinski definition) is 0. The third kappa shape index (κ3) is 3.29. The second kappa shape index (κ2) is 6.68. The van der Waals surface area contributed by atoms with Crippen LogP contribution in [0.4, 0.5) is 5.69 Å². The Morgan fingerprint density at radius 1 is 1.27 bits per heavy atom. The average Bonchev–Trinajstić information content (AvgIpc) is 3.29. The molecule has 1 aliphatic carbocycles. The molecule has 1 aliphatic heterocycles. The first-order valence-corrected chi connectivity index (χ1v) is 8.97. The number of hydrogen-bond acceptors (Lipinski definition) is 7. The molecule has 0 radical (unpaired) electrons. The van der Waals surface area contributed by atoms with Crippen LogP contribution in [0.3, 0.4) is 0 Å². The van der Waals surface area contributed by atoms with Gasteiger partial charge in [0.25, 0.3) is 0 Å². The predicted octanol–water partition coefficient (Wildman–Crippen LogP) is 1.08. The highest BCUT2D eigenvalue weighted by atomic mass is 16.5. The van der Waals surface area contributed by atoms with Gasteiger partial charge in [-0.2, -0.15) is 4.98 Å². The van der Waals surface area contributed by atoms with E-state index in [9.17, 15) is 4.79 Å². The normalized spacial score (nSPS) is 23.1. The van der Waals surface area contributed by atoms with Crippen molar-refractivity contribution >= 4 is 11.6 Å². The van der Waals surface area contributed by atoms with Crippen LogP contribution in [-0.4, -0.2) is 78.2 Å². The zero-order chi connectivity index (χ0) is 18.3. The molecule has 0 aromatic carbocycles. The highest BCUT2D eigenvalue weighted by molar-refractivity contribution is 5.82. The van der Waals surface area contributed by atoms with Crippen LogP contribution in [0.2, 0.25) is 0 Å². The third-order valence-corrected chi connectivity index (χ3v) is 5.15. The predicted molar refractivity (Wildman–Crippen MR) is 96.8 cm³/mol. The Kier molecular flexibility index (Phi) is 4.36. The van der Waals surface area contributed by atoms with E-state index in [-0.39, 0.29) is 17.7 Å². The Labute approximate surface area is 152 Å². The lowest BCUT2D eigenvalue weighted by molar-refractivity contribution is -0.130. The maximum absolute atomic E-state index is 12.0. The van der Waals surface area contributed by atoms with Gasteiger partial charge in [-0.1, -0.05) is 5.16 Å². The number of nitrogens with zero attached hydrogens (tertiary/aromatic N) is 6. The molecule has 0 N–H and O–H groups in total. The summed E-state index contributed by atoms with van der Waals surface area (Å²) in [6.07, 6.45) is 2.56. The fourth-order valence-corrected chi connectivity index (χ4v) is 3.37. The number of amides is 1. The zero-order valence-corrected chi connectivity index (χ0v) is 15.4. The minimum absolute atomic E-state index is 0.0342. The van der Waals surface area contributed by atoms with Crippen molar-refractivity contribution in [2.24, 2.45) is 5.92 Å². The van der Waals surface area contributed by atoms with Crippen LogP contribution in [0, 0.1) is 5.92 Å². The molecule has 2 atom stereocenters. The molecular weight excluding hydrogens is 332 g/mol. The molecule has 0 bridgehead atoms. The number of rotatable bonds is 4. The van der Waals surface area contributed by atoms with Crippen LogP contribution < -0.4 is 4.90 Å². The quantitative estimate of drug-likeness (QED) is 0.811. The molecule has 8 nitrogen and oxygen atoms in total. The molecule has 8 heteroatoms. The summed E-state index contributed by atoms with van der Waals surface area (Å²) >= 11 is 0. The van der Waals surface area contributed by atoms with Crippen molar-refractivity contribution in [3.63, 3.8) is 0 Å². The molecular formula is C18H24N6O2. The maximum Gasteiger partial charge on any atom is 0.230 e. The first-order valence-electron chi connectivity index (χ1n) is 8.97. The minimum Gasteiger partial charge on any atom is -0.369 e. The largest absolute Gasteiger partial charge is 0.369 e. The van der Waals surface area contributed by atoms with E-state index >= 15 is 0 Å². The van der Waals surface area contributed by atoms with Crippen LogP contribution >= 0.6 is 0 Å². The molecule has 26 heavy (non-hydrogen) atoms. The standard InChI is InChI=1S/C18H24N6O2/c1-22(2)18(25)14-11-13(14)17-20-16(21-26-17)15-10-12(4-5-19-15)24-8-6-23(3)7-9-24/h4-5,10,13-14H,6-9,11H2,1-3H3/t13-,14+/m0/s1. The highest BCUT2D eigenvalue weighted by Gasteiger charge is 2.48. The van der Waals surface area contributed by atoms with Crippen molar-refractivity contribution in [3.05, 3.63) is 24.2 Å². The Balaban J connectivity index is 1.48. The van der Waals surface area contributed by atoms with Gasteiger partial charge in [-0.25, -0.2) is 0 Å². The first kappa shape index (κ1) is 17.0. The van der Waals surface area contributed by atoms with E-state index in [0.29, 0.717) is 17.4 Å². The molecule has 3 heterocycles. The number of aromatic nitrogens is 3. The summed E-state index contributed by atoms with van der Waals surface area (Å²) in [5, 5.41) is 4.08. The van der Waals surface area contributed by atoms with Gasteiger partial charge in [-0.15, -0.1) is 0 Å². The lowest BCUT2D eigenvalue weighted by Gasteiger charge is -2.34. The van der Waals surface area contributed by atoms with Crippen molar-refractivity contribution < 1.29 is 9.32 Å². The summed E-state index contributed by atoms with van der Waals surface area (Å²) in [7, 11) is 5.68. The molecule has 2 aromatic rings. The fourth-order valence-electron chi connectivity index (χ4n) is 3.37. The van der Waals surface area contributed by atoms with Crippen LogP contribution in [0.1, 0.15) is 18.2 Å². The molecule has 1 saturated heterocycles. The van der Waals surface area contributed by atoms with Crippen LogP contribution in [-0.2, 0) is 4.79 Å². The van der Waals surface area contributed by atoms with Gasteiger partial charge in [0.15, 0.2) is 0 Å². The number of likely N-dealkylation sites (N-methyl/N-ethyl adjacent to an activating group) is 1. The summed E-state index contributed by atoms with van der Waals surface area (Å²) in [5.41, 5.74) is 1.83. The first-order chi connectivity index (χ1) is 12.5. The van der Waals surface area contributed by atoms with Gasteiger partial charge < -0.3 is 19.2 Å². The molecule has 1 saturated carbocycles. The zero-order valence-electron chi connectivity index (χ0n) is 15.4. The number of carbonyl (C=O) groups excluding carboxylic acids is 1. The Morgan fingerprint density at radius 3 is 2.77 bits per heavy atom. The summed E-state index contributed by atoms with van der Waals surface area (Å²) in [4.78, 5) is 27.2. The molecule has 2 aliphatic rings. The molecule has 138 valence electrons. The van der Waals surface area contributed by atoms with E-state index in [4.69, 9.17) is 4.52 Å². The van der Waals surface area contributed by atoms with Crippen molar-refractivity contribution in [2.45, 2.75) is 12.3 Å². The highest BCUT2D eigenvalue weighted by Crippen LogP contribution is 2.47. The van der Waals surface area contributed by atoms with Gasteiger partial charge in [0.2, 0.25) is 17.6 Å². The lowest BCUT2D eigenvalue weighted by atomic mass is 10.2. The van der Waals surface area contributed by atoms with Crippen molar-refractivity contribution in [1.82, 2.24) is 24.9 Å². The SMILES string of the molecule is CN1CCN(c2ccnc(-c3noc([C@H]4C[C@H]4C(=O)N(C)C)n3)c2)CC1. The molecule has 0 spiro atoms. The van der Waals surface area contributed by atoms with E-state index in [1.54, 1.807) is 25.2 Å². The Hall–Kier alpha value is -2.48. The van der Waals surface area contributed by atoms with Gasteiger partial charge in [0.1, 0.15) is 5.69 Å². The second-order valence-corrected chi connectivity index (χ2v) is 7.33. The Bertz CT molecular complexity index is 796. The Morgan fingerprint density at radius 2 is 2.04 bits per heavy atom. The number of anilines is 1. The monoisotopic (exact) mass is 356 g/mol. The number of carbonyl (C=O) groups is 1. The topological polar surface area (TPSA) is 78.6 Å². The summed E-state index contributed by atoms with van der Waals surface area (Å²) in [6, 6.07) is 4.03. The van der Waals surface area contributed by atoms with Crippen LogP contribution in [0.5, 0.6) is 0 Å². The smallest absolute Gasteiger partial charge is 0.230 e. The minimum atomic E-state index is -0.0390. The van der Waals surface area contributed by atoms with Crippen molar-refractivity contribution in [3.8, 4) is 11.5 Å². The molecule has 4 rings (SSSR count). The van der Waals surface area contributed by atoms with E-state index < -0.39 is 0 Å². The van der Waals surface area contributed by atoms with Crippen LogP contribution in [0.15, 0.2) is 22.9 Å². The van der Waals surface area contributed by atoms with E-state index in [1.807, 2.05) is 12.1 Å². The average molecular weight is 356 g/mol. The van der Waals surface area contributed by atoms with Gasteiger partial charge >= 0.3 is 0 Å². The van der Waals surface area contributed by atoms with Crippen molar-refractivity contribution in [1.29, 1.82) is 0 Å². The molecule has 2 fully saturated rings. The number of piperazine rings is 1. The molecule has 1 amide bonds. The molecule has 2 aromatic heterocycles. The van der Waals surface area contributed by atoms with E-state index in [2.05, 4.69) is 32.0 Å². The summed E-state index contributed by atoms with van der Waals surface area (Å²) < 4.78 is 5.41. The van der Waals surface area contributed by atoms with Crippen LogP contribution in [0.25, 0.3) is 11.5 Å². The number of pyridine rings is 1. The summed E-state index contributed by atoms with van der Waals surface area (Å²) in [6.45, 7) is 4.08. The fraction of sp³-hybridized carbons (Fsp3) is 0.556. The molecule has 0 unspecified atom stereocenters. The van der Waals surface area contributed by atoms with Gasteiger partial charge in [0, 0.05) is 52.2 Å². The second-order valence-electron chi connectivity index (χ2n) is 7.33. The van der Waals surface area contributed by atoms with E-state index in [0.717, 1.165) is 38.3 Å². The van der Waals surface area contributed by atoms with Gasteiger partial charge in [-0.3, -0.25) is 9.78 Å². The summed E-state index contributed by atoms with van der Waals surface area (Å²) in [5.74, 6) is 1.13. The lowest BCUT2D eigenvalue weighted by Crippen LogP contribution is -2.44. The van der Waals surface area contributed by atoms with E-state index in [1.165, 1.54) is 0 Å². The maximum atomic E-state index is 12.0. The van der Waals surface area contributed by atoms with Gasteiger partial charge in [0.05, 0.1) is 11.8 Å². The van der Waals surface area contributed by atoms with Gasteiger partial charge in [-0.05, 0) is 25.6 Å². The third-order valence-electron chi connectivity index (χ3n) is 5.15.